The van der Waals surface area contributed by atoms with Crippen LogP contribution in [0, 0.1) is 0 Å². The van der Waals surface area contributed by atoms with E-state index in [9.17, 15) is 4.79 Å². The Morgan fingerprint density at radius 2 is 2.07 bits per heavy atom. The van der Waals surface area contributed by atoms with E-state index in [0.29, 0.717) is 13.0 Å². The molecule has 1 saturated heterocycles. The van der Waals surface area contributed by atoms with Crippen LogP contribution in [0.4, 0.5) is 0 Å². The average molecular weight is 215 g/mol. The van der Waals surface area contributed by atoms with Crippen LogP contribution < -0.4 is 5.32 Å². The number of hydrogen-bond donors (Lipinski definition) is 2. The Morgan fingerprint density at radius 3 is 2.67 bits per heavy atom. The van der Waals surface area contributed by atoms with E-state index in [4.69, 9.17) is 5.11 Å². The van der Waals surface area contributed by atoms with Gasteiger partial charge in [0.1, 0.15) is 0 Å². The predicted molar refractivity (Wildman–Crippen MR) is 58.6 cm³/mol. The van der Waals surface area contributed by atoms with Crippen LogP contribution >= 0.6 is 0 Å². The molecule has 1 heterocycles. The minimum Gasteiger partial charge on any atom is -0.395 e. The van der Waals surface area contributed by atoms with Crippen molar-refractivity contribution in [2.75, 3.05) is 52.9 Å². The number of likely N-dealkylation sites (N-methyl/N-ethyl adjacent to an activating group) is 1. The fourth-order valence-corrected chi connectivity index (χ4v) is 1.64. The van der Waals surface area contributed by atoms with E-state index in [1.807, 2.05) is 16.8 Å². The van der Waals surface area contributed by atoms with Gasteiger partial charge in [-0.05, 0) is 7.05 Å². The highest BCUT2D eigenvalue weighted by Crippen LogP contribution is 1.98. The number of rotatable bonds is 5. The van der Waals surface area contributed by atoms with Gasteiger partial charge in [-0.2, -0.15) is 0 Å². The van der Waals surface area contributed by atoms with Gasteiger partial charge in [0.2, 0.25) is 5.91 Å². The summed E-state index contributed by atoms with van der Waals surface area (Å²) in [5, 5.41) is 11.9. The molecule has 5 heteroatoms. The Hall–Kier alpha value is -0.650. The van der Waals surface area contributed by atoms with Crippen molar-refractivity contribution in [3.63, 3.8) is 0 Å². The fraction of sp³-hybridized carbons (Fsp3) is 0.900. The largest absolute Gasteiger partial charge is 0.395 e. The number of aliphatic hydroxyl groups is 1. The lowest BCUT2D eigenvalue weighted by Gasteiger charge is -2.28. The first-order valence-corrected chi connectivity index (χ1v) is 5.52. The van der Waals surface area contributed by atoms with Gasteiger partial charge in [-0.1, -0.05) is 0 Å². The van der Waals surface area contributed by atoms with Gasteiger partial charge >= 0.3 is 0 Å². The van der Waals surface area contributed by atoms with Crippen LogP contribution in [0.3, 0.4) is 0 Å². The van der Waals surface area contributed by atoms with Crippen molar-refractivity contribution in [3.8, 4) is 0 Å². The predicted octanol–water partition coefficient (Wildman–Crippen LogP) is -1.27. The molecule has 2 N–H and O–H groups in total. The molecule has 0 unspecified atom stereocenters. The summed E-state index contributed by atoms with van der Waals surface area (Å²) in [6.45, 7) is 4.96. The van der Waals surface area contributed by atoms with Gasteiger partial charge in [0.15, 0.2) is 0 Å². The minimum absolute atomic E-state index is 0.151. The number of nitrogens with one attached hydrogen (secondary N) is 1. The van der Waals surface area contributed by atoms with Crippen molar-refractivity contribution in [1.29, 1.82) is 0 Å². The van der Waals surface area contributed by atoms with E-state index in [2.05, 4.69) is 5.32 Å². The Balaban J connectivity index is 2.16. The van der Waals surface area contributed by atoms with E-state index in [1.54, 1.807) is 0 Å². The molecule has 1 amide bonds. The molecule has 0 aromatic carbocycles. The molecular formula is C10H21N3O2. The average Bonchev–Trinajstić information content (AvgIpc) is 2.27. The zero-order chi connectivity index (χ0) is 11.1. The van der Waals surface area contributed by atoms with E-state index in [1.165, 1.54) is 0 Å². The van der Waals surface area contributed by atoms with E-state index < -0.39 is 0 Å². The maximum absolute atomic E-state index is 11.7. The lowest BCUT2D eigenvalue weighted by molar-refractivity contribution is -0.132. The van der Waals surface area contributed by atoms with Gasteiger partial charge < -0.3 is 20.2 Å². The lowest BCUT2D eigenvalue weighted by atomic mass is 10.3. The molecule has 5 nitrogen and oxygen atoms in total. The zero-order valence-electron chi connectivity index (χ0n) is 9.41. The number of piperazine rings is 1. The van der Waals surface area contributed by atoms with Gasteiger partial charge in [0, 0.05) is 45.7 Å². The molecule has 0 atom stereocenters. The van der Waals surface area contributed by atoms with Crippen LogP contribution in [-0.4, -0.2) is 73.7 Å². The Labute approximate surface area is 91.0 Å². The van der Waals surface area contributed by atoms with Crippen LogP contribution in [0.15, 0.2) is 0 Å². The summed E-state index contributed by atoms with van der Waals surface area (Å²) >= 11 is 0. The van der Waals surface area contributed by atoms with Crippen molar-refractivity contribution < 1.29 is 9.90 Å². The monoisotopic (exact) mass is 215 g/mol. The summed E-state index contributed by atoms with van der Waals surface area (Å²) < 4.78 is 0. The maximum atomic E-state index is 11.7. The van der Waals surface area contributed by atoms with Crippen molar-refractivity contribution in [1.82, 2.24) is 15.1 Å². The van der Waals surface area contributed by atoms with E-state index in [-0.39, 0.29) is 12.5 Å². The molecule has 0 saturated carbocycles. The van der Waals surface area contributed by atoms with Gasteiger partial charge in [-0.25, -0.2) is 0 Å². The lowest BCUT2D eigenvalue weighted by Crippen LogP contribution is -2.47. The molecule has 0 aliphatic carbocycles. The number of nitrogens with zero attached hydrogens (tertiary/aromatic N) is 2. The summed E-state index contributed by atoms with van der Waals surface area (Å²) in [6.07, 6.45) is 0.552. The second-order valence-electron chi connectivity index (χ2n) is 3.91. The molecule has 0 radical (unpaired) electrons. The van der Waals surface area contributed by atoms with E-state index >= 15 is 0 Å². The molecular weight excluding hydrogens is 194 g/mol. The number of amides is 1. The molecule has 15 heavy (non-hydrogen) atoms. The first-order chi connectivity index (χ1) is 7.24. The van der Waals surface area contributed by atoms with Crippen LogP contribution in [0.25, 0.3) is 0 Å². The first-order valence-electron chi connectivity index (χ1n) is 5.52. The molecule has 1 aliphatic heterocycles. The molecule has 1 fully saturated rings. The second kappa shape index (κ2) is 6.76. The van der Waals surface area contributed by atoms with Crippen LogP contribution in [-0.2, 0) is 4.79 Å². The highest BCUT2D eigenvalue weighted by atomic mass is 16.3. The summed E-state index contributed by atoms with van der Waals surface area (Å²) in [6, 6.07) is 0. The summed E-state index contributed by atoms with van der Waals surface area (Å²) in [4.78, 5) is 15.6. The van der Waals surface area contributed by atoms with Gasteiger partial charge in [-0.3, -0.25) is 4.79 Å². The normalized spacial score (nSPS) is 17.1. The number of carbonyl (C=O) groups excluding carboxylic acids is 1. The second-order valence-corrected chi connectivity index (χ2v) is 3.91. The smallest absolute Gasteiger partial charge is 0.223 e. The Kier molecular flexibility index (Phi) is 5.60. The Morgan fingerprint density at radius 1 is 1.40 bits per heavy atom. The third-order valence-corrected chi connectivity index (χ3v) is 2.66. The van der Waals surface area contributed by atoms with Crippen LogP contribution in [0.5, 0.6) is 0 Å². The molecule has 0 spiro atoms. The van der Waals surface area contributed by atoms with Gasteiger partial charge in [0.05, 0.1) is 6.61 Å². The van der Waals surface area contributed by atoms with Gasteiger partial charge in [-0.15, -0.1) is 0 Å². The Bertz CT molecular complexity index is 193. The highest BCUT2D eigenvalue weighted by Gasteiger charge is 2.15. The molecule has 1 rings (SSSR count). The SMILES string of the molecule is CN(CCO)CCC(=O)N1CCNCC1. The summed E-state index contributed by atoms with van der Waals surface area (Å²) in [5.41, 5.74) is 0. The zero-order valence-corrected chi connectivity index (χ0v) is 9.41. The van der Waals surface area contributed by atoms with Crippen LogP contribution in [0.1, 0.15) is 6.42 Å². The number of carbonyl (C=O) groups is 1. The van der Waals surface area contributed by atoms with E-state index in [0.717, 1.165) is 32.7 Å². The quantitative estimate of drug-likeness (QED) is 0.600. The number of hydrogen-bond acceptors (Lipinski definition) is 4. The minimum atomic E-state index is 0.151. The molecule has 0 aromatic rings. The standard InChI is InChI=1S/C10H21N3O2/c1-12(8-9-14)5-2-10(15)13-6-3-11-4-7-13/h11,14H,2-9H2,1H3. The molecule has 0 bridgehead atoms. The van der Waals surface area contributed by atoms with Crippen molar-refractivity contribution in [2.45, 2.75) is 6.42 Å². The number of aliphatic hydroxyl groups excluding tert-OH is 1. The molecule has 1 aliphatic rings. The summed E-state index contributed by atoms with van der Waals surface area (Å²) in [5.74, 6) is 0.223. The van der Waals surface area contributed by atoms with Crippen LogP contribution in [0.2, 0.25) is 0 Å². The summed E-state index contributed by atoms with van der Waals surface area (Å²) in [7, 11) is 1.92. The van der Waals surface area contributed by atoms with Crippen molar-refractivity contribution in [2.24, 2.45) is 0 Å². The topological polar surface area (TPSA) is 55.8 Å². The molecule has 0 aromatic heterocycles. The van der Waals surface area contributed by atoms with Crippen molar-refractivity contribution >= 4 is 5.91 Å². The molecule has 88 valence electrons. The third kappa shape index (κ3) is 4.59. The maximum Gasteiger partial charge on any atom is 0.223 e. The highest BCUT2D eigenvalue weighted by molar-refractivity contribution is 5.76. The fourth-order valence-electron chi connectivity index (χ4n) is 1.64. The third-order valence-electron chi connectivity index (χ3n) is 2.66. The van der Waals surface area contributed by atoms with Crippen molar-refractivity contribution in [3.05, 3.63) is 0 Å². The van der Waals surface area contributed by atoms with Gasteiger partial charge in [0.25, 0.3) is 0 Å². The first kappa shape index (κ1) is 12.4.